The number of Topliss-reactive ketones (excluding diaryl/α,β-unsaturated/α-hetero) is 1. The molecule has 0 heterocycles. The zero-order chi connectivity index (χ0) is 27.7. The van der Waals surface area contributed by atoms with Crippen LogP contribution in [0.5, 0.6) is 11.5 Å². The molecule has 38 heavy (non-hydrogen) atoms. The first-order valence-corrected chi connectivity index (χ1v) is 12.8. The summed E-state index contributed by atoms with van der Waals surface area (Å²) >= 11 is 0. The van der Waals surface area contributed by atoms with E-state index in [0.29, 0.717) is 34.9 Å². The van der Waals surface area contributed by atoms with Gasteiger partial charge in [0.25, 0.3) is 5.91 Å². The molecule has 7 heteroatoms. The fraction of sp³-hybridized carbons (Fsp3) is 0.323. The molecule has 0 radical (unpaired) electrons. The van der Waals surface area contributed by atoms with Crippen molar-refractivity contribution in [2.45, 2.75) is 58.5 Å². The van der Waals surface area contributed by atoms with E-state index >= 15 is 0 Å². The van der Waals surface area contributed by atoms with Gasteiger partial charge < -0.3 is 20.1 Å². The first-order chi connectivity index (χ1) is 18.1. The van der Waals surface area contributed by atoms with Gasteiger partial charge >= 0.3 is 0 Å². The number of ether oxygens (including phenoxy) is 2. The molecule has 0 aromatic heterocycles. The second kappa shape index (κ2) is 12.9. The highest BCUT2D eigenvalue weighted by atomic mass is 16.5. The normalized spacial score (nSPS) is 11.8. The maximum absolute atomic E-state index is 12.9. The summed E-state index contributed by atoms with van der Waals surface area (Å²) in [5.74, 6) is 0.106. The Bertz CT molecular complexity index is 1270. The van der Waals surface area contributed by atoms with Crippen LogP contribution in [-0.4, -0.2) is 30.8 Å². The van der Waals surface area contributed by atoms with Crippen molar-refractivity contribution in [3.8, 4) is 11.5 Å². The van der Waals surface area contributed by atoms with Crippen molar-refractivity contribution >= 4 is 29.0 Å². The van der Waals surface area contributed by atoms with Gasteiger partial charge in [0, 0.05) is 23.0 Å². The Morgan fingerprint density at radius 2 is 1.50 bits per heavy atom. The number of anilines is 2. The van der Waals surface area contributed by atoms with Crippen LogP contribution in [0.25, 0.3) is 0 Å². The van der Waals surface area contributed by atoms with Gasteiger partial charge in [0.1, 0.15) is 11.5 Å². The van der Waals surface area contributed by atoms with Crippen LogP contribution in [0.15, 0.2) is 72.8 Å². The number of hydrogen-bond acceptors (Lipinski definition) is 5. The van der Waals surface area contributed by atoms with Crippen LogP contribution in [0.2, 0.25) is 0 Å². The highest BCUT2D eigenvalue weighted by molar-refractivity contribution is 6.11. The van der Waals surface area contributed by atoms with E-state index in [1.807, 2.05) is 31.2 Å². The molecule has 200 valence electrons. The molecule has 1 atom stereocenters. The summed E-state index contributed by atoms with van der Waals surface area (Å²) in [7, 11) is 1.54. The Morgan fingerprint density at radius 3 is 2.13 bits per heavy atom. The summed E-state index contributed by atoms with van der Waals surface area (Å²) in [5.41, 5.74) is 2.60. The quantitative estimate of drug-likeness (QED) is 0.215. The largest absolute Gasteiger partial charge is 0.497 e. The van der Waals surface area contributed by atoms with Gasteiger partial charge in [0.05, 0.1) is 13.5 Å². The molecule has 0 aliphatic rings. The molecular weight excluding hydrogens is 480 g/mol. The lowest BCUT2D eigenvalue weighted by molar-refractivity contribution is -0.122. The summed E-state index contributed by atoms with van der Waals surface area (Å²) in [6.45, 7) is 8.41. The van der Waals surface area contributed by atoms with E-state index < -0.39 is 12.0 Å². The second-order valence-electron chi connectivity index (χ2n) is 9.73. The van der Waals surface area contributed by atoms with Crippen molar-refractivity contribution in [1.82, 2.24) is 0 Å². The molecule has 3 rings (SSSR count). The van der Waals surface area contributed by atoms with Gasteiger partial charge in [-0.2, -0.15) is 0 Å². The van der Waals surface area contributed by atoms with Gasteiger partial charge in [0.2, 0.25) is 5.91 Å². The van der Waals surface area contributed by atoms with Crippen molar-refractivity contribution in [3.63, 3.8) is 0 Å². The molecule has 0 unspecified atom stereocenters. The smallest absolute Gasteiger partial charge is 0.265 e. The van der Waals surface area contributed by atoms with Crippen LogP contribution >= 0.6 is 0 Å². The zero-order valence-corrected chi connectivity index (χ0v) is 22.7. The third kappa shape index (κ3) is 7.68. The third-order valence-electron chi connectivity index (χ3n) is 6.59. The van der Waals surface area contributed by atoms with E-state index in [1.165, 1.54) is 12.7 Å². The predicted octanol–water partition coefficient (Wildman–Crippen LogP) is 6.39. The second-order valence-corrected chi connectivity index (χ2v) is 9.73. The molecule has 0 fully saturated rings. The molecule has 3 aromatic rings. The minimum atomic E-state index is -0.701. The minimum absolute atomic E-state index is 0.0677. The number of benzene rings is 3. The van der Waals surface area contributed by atoms with E-state index in [1.54, 1.807) is 48.5 Å². The molecule has 0 saturated carbocycles. The molecule has 0 spiro atoms. The maximum Gasteiger partial charge on any atom is 0.265 e. The van der Waals surface area contributed by atoms with Gasteiger partial charge in [0.15, 0.2) is 11.9 Å². The third-order valence-corrected chi connectivity index (χ3v) is 6.59. The lowest BCUT2D eigenvalue weighted by Crippen LogP contribution is -2.32. The lowest BCUT2D eigenvalue weighted by Gasteiger charge is -2.24. The first-order valence-electron chi connectivity index (χ1n) is 12.8. The Morgan fingerprint density at radius 1 is 0.842 bits per heavy atom. The van der Waals surface area contributed by atoms with Crippen molar-refractivity contribution < 1.29 is 23.9 Å². The Kier molecular flexibility index (Phi) is 9.66. The standard InChI is InChI=1S/C31H36N2O5/c1-6-28(38-25-16-14-22(15-17-25)31(3,4)7-2)30(36)33-23-11-8-10-21(18-23)27(34)20-29(35)32-24-12-9-13-26(19-24)37-5/h8-19,28H,6-7,20H2,1-5H3,(H,32,35)(H,33,36)/t28-/m1/s1. The highest BCUT2D eigenvalue weighted by Gasteiger charge is 2.21. The minimum Gasteiger partial charge on any atom is -0.497 e. The number of ketones is 1. The number of amides is 2. The topological polar surface area (TPSA) is 93.7 Å². The van der Waals surface area contributed by atoms with Crippen molar-refractivity contribution in [2.24, 2.45) is 0 Å². The number of rotatable bonds is 12. The zero-order valence-electron chi connectivity index (χ0n) is 22.7. The summed E-state index contributed by atoms with van der Waals surface area (Å²) in [6, 6.07) is 21.3. The van der Waals surface area contributed by atoms with Crippen molar-refractivity contribution in [1.29, 1.82) is 0 Å². The summed E-state index contributed by atoms with van der Waals surface area (Å²) in [5, 5.41) is 5.53. The molecule has 2 N–H and O–H groups in total. The fourth-order valence-electron chi connectivity index (χ4n) is 3.82. The number of carbonyl (C=O) groups is 3. The molecule has 3 aromatic carbocycles. The first kappa shape index (κ1) is 28.4. The number of nitrogens with one attached hydrogen (secondary N) is 2. The molecular formula is C31H36N2O5. The Hall–Kier alpha value is -4.13. The van der Waals surface area contributed by atoms with Crippen molar-refractivity contribution in [2.75, 3.05) is 17.7 Å². The number of methoxy groups -OCH3 is 1. The van der Waals surface area contributed by atoms with Gasteiger partial charge in [-0.3, -0.25) is 14.4 Å². The highest BCUT2D eigenvalue weighted by Crippen LogP contribution is 2.28. The molecule has 0 saturated heterocycles. The summed E-state index contributed by atoms with van der Waals surface area (Å²) < 4.78 is 11.1. The van der Waals surface area contributed by atoms with E-state index in [4.69, 9.17) is 9.47 Å². The SMILES string of the molecule is CC[C@@H](Oc1ccc(C(C)(C)CC)cc1)C(=O)Nc1cccc(C(=O)CC(=O)Nc2cccc(OC)c2)c1. The van der Waals surface area contributed by atoms with Gasteiger partial charge in [-0.25, -0.2) is 0 Å². The lowest BCUT2D eigenvalue weighted by atomic mass is 9.82. The summed E-state index contributed by atoms with van der Waals surface area (Å²) in [6.07, 6.45) is 0.451. The van der Waals surface area contributed by atoms with Crippen LogP contribution < -0.4 is 20.1 Å². The van der Waals surface area contributed by atoms with Crippen LogP contribution in [0.1, 0.15) is 62.9 Å². The van der Waals surface area contributed by atoms with Gasteiger partial charge in [-0.05, 0) is 60.2 Å². The molecule has 0 aliphatic carbocycles. The van der Waals surface area contributed by atoms with Gasteiger partial charge in [-0.1, -0.05) is 58.0 Å². The Labute approximate surface area is 224 Å². The number of hydrogen-bond donors (Lipinski definition) is 2. The predicted molar refractivity (Wildman–Crippen MR) is 150 cm³/mol. The van der Waals surface area contributed by atoms with E-state index in [9.17, 15) is 14.4 Å². The monoisotopic (exact) mass is 516 g/mol. The fourth-order valence-corrected chi connectivity index (χ4v) is 3.82. The van der Waals surface area contributed by atoms with Crippen LogP contribution in [0.4, 0.5) is 11.4 Å². The van der Waals surface area contributed by atoms with Gasteiger partial charge in [-0.15, -0.1) is 0 Å². The molecule has 7 nitrogen and oxygen atoms in total. The average molecular weight is 517 g/mol. The average Bonchev–Trinajstić information content (AvgIpc) is 2.92. The molecule has 0 bridgehead atoms. The van der Waals surface area contributed by atoms with Crippen molar-refractivity contribution in [3.05, 3.63) is 83.9 Å². The van der Waals surface area contributed by atoms with E-state index in [0.717, 1.165) is 6.42 Å². The Balaban J connectivity index is 1.60. The van der Waals surface area contributed by atoms with E-state index in [2.05, 4.69) is 31.4 Å². The summed E-state index contributed by atoms with van der Waals surface area (Å²) in [4.78, 5) is 38.1. The van der Waals surface area contributed by atoms with Crippen LogP contribution in [0, 0.1) is 0 Å². The van der Waals surface area contributed by atoms with E-state index in [-0.39, 0.29) is 23.5 Å². The maximum atomic E-state index is 12.9. The molecule has 0 aliphatic heterocycles. The number of carbonyl (C=O) groups excluding carboxylic acids is 3. The van der Waals surface area contributed by atoms with Crippen LogP contribution in [0.3, 0.4) is 0 Å². The molecule has 2 amide bonds. The van der Waals surface area contributed by atoms with Crippen LogP contribution in [-0.2, 0) is 15.0 Å².